The van der Waals surface area contributed by atoms with Crippen LogP contribution >= 0.6 is 0 Å². The first kappa shape index (κ1) is 12.2. The van der Waals surface area contributed by atoms with Crippen molar-refractivity contribution >= 4 is 5.78 Å². The molecule has 0 bridgehead atoms. The third-order valence-corrected chi connectivity index (χ3v) is 2.41. The van der Waals surface area contributed by atoms with Gasteiger partial charge in [0.1, 0.15) is 5.82 Å². The van der Waals surface area contributed by atoms with E-state index in [1.807, 2.05) is 0 Å². The molecule has 0 unspecified atom stereocenters. The molecule has 0 spiro atoms. The van der Waals surface area contributed by atoms with E-state index in [0.29, 0.717) is 5.82 Å². The van der Waals surface area contributed by atoms with Gasteiger partial charge in [0.25, 0.3) is 0 Å². The first-order valence-electron chi connectivity index (χ1n) is 5.33. The van der Waals surface area contributed by atoms with Gasteiger partial charge in [0.05, 0.1) is 13.5 Å². The lowest BCUT2D eigenvalue weighted by Gasteiger charge is -2.04. The highest BCUT2D eigenvalue weighted by molar-refractivity contribution is 5.97. The van der Waals surface area contributed by atoms with Gasteiger partial charge in [-0.2, -0.15) is 0 Å². The molecular formula is C13H11FN2O2. The van der Waals surface area contributed by atoms with Gasteiger partial charge >= 0.3 is 0 Å². The Morgan fingerprint density at radius 3 is 2.67 bits per heavy atom. The van der Waals surface area contributed by atoms with Crippen LogP contribution in [0.1, 0.15) is 16.2 Å². The summed E-state index contributed by atoms with van der Waals surface area (Å²) >= 11 is 0. The molecule has 4 nitrogen and oxygen atoms in total. The summed E-state index contributed by atoms with van der Waals surface area (Å²) in [5, 5.41) is 0. The first-order chi connectivity index (χ1) is 8.70. The summed E-state index contributed by atoms with van der Waals surface area (Å²) in [5.41, 5.74) is 0.278. The van der Waals surface area contributed by atoms with Crippen molar-refractivity contribution in [1.82, 2.24) is 9.97 Å². The number of rotatable bonds is 4. The molecule has 0 aliphatic carbocycles. The van der Waals surface area contributed by atoms with E-state index in [1.54, 1.807) is 18.5 Å². The Labute approximate surface area is 103 Å². The lowest BCUT2D eigenvalue weighted by molar-refractivity contribution is 0.0990. The fraction of sp³-hybridized carbons (Fsp3) is 0.154. The average molecular weight is 246 g/mol. The van der Waals surface area contributed by atoms with Crippen LogP contribution in [0.2, 0.25) is 0 Å². The molecule has 0 N–H and O–H groups in total. The number of halogens is 1. The molecule has 0 saturated heterocycles. The van der Waals surface area contributed by atoms with E-state index in [1.165, 1.54) is 19.2 Å². The molecule has 0 atom stereocenters. The second-order valence-electron chi connectivity index (χ2n) is 3.61. The van der Waals surface area contributed by atoms with Crippen LogP contribution in [0.3, 0.4) is 0 Å². The van der Waals surface area contributed by atoms with Gasteiger partial charge in [-0.1, -0.05) is 0 Å². The normalized spacial score (nSPS) is 10.1. The zero-order valence-corrected chi connectivity index (χ0v) is 9.76. The molecule has 0 saturated carbocycles. The minimum Gasteiger partial charge on any atom is -0.494 e. The molecule has 2 rings (SSSR count). The second-order valence-corrected chi connectivity index (χ2v) is 3.61. The van der Waals surface area contributed by atoms with Crippen LogP contribution in [-0.4, -0.2) is 22.9 Å². The quantitative estimate of drug-likeness (QED) is 0.775. The van der Waals surface area contributed by atoms with E-state index in [4.69, 9.17) is 4.74 Å². The lowest BCUT2D eigenvalue weighted by Crippen LogP contribution is -2.07. The highest BCUT2D eigenvalue weighted by Gasteiger charge is 2.11. The number of ether oxygens (including phenoxy) is 1. The predicted molar refractivity (Wildman–Crippen MR) is 63.0 cm³/mol. The Morgan fingerprint density at radius 1 is 1.33 bits per heavy atom. The van der Waals surface area contributed by atoms with Crippen LogP contribution in [0.15, 0.2) is 36.7 Å². The van der Waals surface area contributed by atoms with Crippen LogP contribution in [-0.2, 0) is 6.42 Å². The minimum atomic E-state index is -0.558. The second kappa shape index (κ2) is 5.35. The summed E-state index contributed by atoms with van der Waals surface area (Å²) in [4.78, 5) is 19.8. The molecule has 92 valence electrons. The van der Waals surface area contributed by atoms with E-state index in [-0.39, 0.29) is 23.5 Å². The number of methoxy groups -OCH3 is 1. The Hall–Kier alpha value is -2.30. The zero-order valence-electron chi connectivity index (χ0n) is 9.76. The van der Waals surface area contributed by atoms with Gasteiger partial charge in [0.15, 0.2) is 17.3 Å². The summed E-state index contributed by atoms with van der Waals surface area (Å²) in [6.45, 7) is 0. The third-order valence-electron chi connectivity index (χ3n) is 2.41. The van der Waals surface area contributed by atoms with E-state index in [0.717, 1.165) is 6.07 Å². The number of ketones is 1. The van der Waals surface area contributed by atoms with Crippen molar-refractivity contribution in [1.29, 1.82) is 0 Å². The molecule has 0 aliphatic rings. The summed E-state index contributed by atoms with van der Waals surface area (Å²) in [6, 6.07) is 5.77. The number of Topliss-reactive ketones (excluding diaryl/α,β-unsaturated/α-hetero) is 1. The summed E-state index contributed by atoms with van der Waals surface area (Å²) in [7, 11) is 1.37. The van der Waals surface area contributed by atoms with Crippen LogP contribution in [0.4, 0.5) is 4.39 Å². The molecule has 0 radical (unpaired) electrons. The summed E-state index contributed by atoms with van der Waals surface area (Å²) in [5.74, 6) is -0.263. The van der Waals surface area contributed by atoms with Crippen LogP contribution < -0.4 is 4.74 Å². The molecule has 1 aromatic carbocycles. The zero-order chi connectivity index (χ0) is 13.0. The topological polar surface area (TPSA) is 52.1 Å². The molecular weight excluding hydrogens is 235 g/mol. The number of aromatic nitrogens is 2. The van der Waals surface area contributed by atoms with Crippen molar-refractivity contribution in [3.8, 4) is 5.75 Å². The number of hydrogen-bond donors (Lipinski definition) is 0. The molecule has 0 amide bonds. The SMILES string of the molecule is COc1ccc(C(=O)Cc2ncccn2)cc1F. The van der Waals surface area contributed by atoms with Crippen LogP contribution in [0, 0.1) is 5.82 Å². The van der Waals surface area contributed by atoms with E-state index < -0.39 is 5.82 Å². The Morgan fingerprint density at radius 2 is 2.06 bits per heavy atom. The molecule has 0 fully saturated rings. The van der Waals surface area contributed by atoms with Crippen molar-refractivity contribution in [3.05, 3.63) is 53.9 Å². The highest BCUT2D eigenvalue weighted by atomic mass is 19.1. The lowest BCUT2D eigenvalue weighted by atomic mass is 10.1. The van der Waals surface area contributed by atoms with Crippen LogP contribution in [0.5, 0.6) is 5.75 Å². The summed E-state index contributed by atoms with van der Waals surface area (Å²) < 4.78 is 18.2. The predicted octanol–water partition coefficient (Wildman–Crippen LogP) is 2.05. The van der Waals surface area contributed by atoms with Crippen molar-refractivity contribution < 1.29 is 13.9 Å². The van der Waals surface area contributed by atoms with E-state index in [9.17, 15) is 9.18 Å². The number of benzene rings is 1. The minimum absolute atomic E-state index is 0.0482. The molecule has 18 heavy (non-hydrogen) atoms. The van der Waals surface area contributed by atoms with Crippen molar-refractivity contribution in [3.63, 3.8) is 0 Å². The van der Waals surface area contributed by atoms with Gasteiger partial charge in [-0.3, -0.25) is 4.79 Å². The maximum atomic E-state index is 13.4. The molecule has 5 heteroatoms. The Bertz CT molecular complexity index is 558. The average Bonchev–Trinajstić information content (AvgIpc) is 2.39. The number of carbonyl (C=O) groups is 1. The maximum Gasteiger partial charge on any atom is 0.170 e. The number of hydrogen-bond acceptors (Lipinski definition) is 4. The summed E-state index contributed by atoms with van der Waals surface area (Å²) in [6.07, 6.45) is 3.17. The largest absolute Gasteiger partial charge is 0.494 e. The van der Waals surface area contributed by atoms with Crippen LogP contribution in [0.25, 0.3) is 0 Å². The fourth-order valence-electron chi connectivity index (χ4n) is 1.51. The smallest absolute Gasteiger partial charge is 0.170 e. The number of carbonyl (C=O) groups excluding carboxylic acids is 1. The van der Waals surface area contributed by atoms with Gasteiger partial charge in [-0.25, -0.2) is 14.4 Å². The van der Waals surface area contributed by atoms with E-state index in [2.05, 4.69) is 9.97 Å². The molecule has 0 aliphatic heterocycles. The Balaban J connectivity index is 2.17. The number of nitrogens with zero attached hydrogens (tertiary/aromatic N) is 2. The van der Waals surface area contributed by atoms with Gasteiger partial charge in [-0.15, -0.1) is 0 Å². The van der Waals surface area contributed by atoms with Gasteiger partial charge in [0.2, 0.25) is 0 Å². The fourth-order valence-corrected chi connectivity index (χ4v) is 1.51. The van der Waals surface area contributed by atoms with Crippen molar-refractivity contribution in [2.75, 3.05) is 7.11 Å². The third kappa shape index (κ3) is 2.68. The monoisotopic (exact) mass is 246 g/mol. The first-order valence-corrected chi connectivity index (χ1v) is 5.33. The van der Waals surface area contributed by atoms with Gasteiger partial charge in [0, 0.05) is 18.0 Å². The highest BCUT2D eigenvalue weighted by Crippen LogP contribution is 2.18. The Kier molecular flexibility index (Phi) is 3.62. The molecule has 2 aromatic rings. The molecule has 1 aromatic heterocycles. The van der Waals surface area contributed by atoms with Crippen molar-refractivity contribution in [2.45, 2.75) is 6.42 Å². The van der Waals surface area contributed by atoms with E-state index >= 15 is 0 Å². The standard InChI is InChI=1S/C13H11FN2O2/c1-18-12-4-3-9(7-10(12)14)11(17)8-13-15-5-2-6-16-13/h2-7H,8H2,1H3. The van der Waals surface area contributed by atoms with Gasteiger partial charge < -0.3 is 4.74 Å². The van der Waals surface area contributed by atoms with Gasteiger partial charge in [-0.05, 0) is 24.3 Å². The van der Waals surface area contributed by atoms with Crippen molar-refractivity contribution in [2.24, 2.45) is 0 Å². The maximum absolute atomic E-state index is 13.4. The molecule has 1 heterocycles.